The average Bonchev–Trinajstić information content (AvgIpc) is 3.00. The van der Waals surface area contributed by atoms with Gasteiger partial charge in [-0.25, -0.2) is 0 Å². The highest BCUT2D eigenvalue weighted by Gasteiger charge is 2.27. The van der Waals surface area contributed by atoms with Gasteiger partial charge in [0.25, 0.3) is 0 Å². The van der Waals surface area contributed by atoms with E-state index in [4.69, 9.17) is 34.2 Å². The van der Waals surface area contributed by atoms with Gasteiger partial charge in [-0.3, -0.25) is 14.4 Å². The minimum atomic E-state index is -0.874. The van der Waals surface area contributed by atoms with Crippen LogP contribution in [0.2, 0.25) is 0 Å². The molecule has 254 valence electrons. The second-order valence-corrected chi connectivity index (χ2v) is 10.3. The summed E-state index contributed by atoms with van der Waals surface area (Å²) in [6.45, 7) is 12.7. The standard InChI is InChI=1S/C30H60N4O9/c1-4-15-38-20-22-41-18-13-32-27(35)7-10-30(31,12-9-29(37)34-26-43-25-24-40-17-6-3)11-8-28(36)33-14-19-42-23-21-39-16-5-2/h4-26,31H2,1-3H3,(H,32,35)(H,33,36)(H,34,37). The van der Waals surface area contributed by atoms with Crippen LogP contribution in [0.15, 0.2) is 0 Å². The first-order valence-corrected chi connectivity index (χ1v) is 15.9. The molecule has 0 rings (SSSR count). The maximum Gasteiger partial charge on any atom is 0.221 e. The average molecular weight is 621 g/mol. The molecule has 43 heavy (non-hydrogen) atoms. The van der Waals surface area contributed by atoms with Gasteiger partial charge in [-0.15, -0.1) is 0 Å². The lowest BCUT2D eigenvalue weighted by atomic mass is 9.84. The fourth-order valence-corrected chi connectivity index (χ4v) is 3.75. The predicted molar refractivity (Wildman–Crippen MR) is 165 cm³/mol. The first kappa shape index (κ1) is 41.1. The van der Waals surface area contributed by atoms with Gasteiger partial charge in [0.1, 0.15) is 6.73 Å². The van der Waals surface area contributed by atoms with Crippen LogP contribution in [0.25, 0.3) is 0 Å². The van der Waals surface area contributed by atoms with Crippen molar-refractivity contribution >= 4 is 17.7 Å². The molecule has 0 saturated heterocycles. The molecular weight excluding hydrogens is 560 g/mol. The summed E-state index contributed by atoms with van der Waals surface area (Å²) in [6.07, 6.45) is 4.34. The molecule has 0 radical (unpaired) electrons. The highest BCUT2D eigenvalue weighted by molar-refractivity contribution is 5.77. The van der Waals surface area contributed by atoms with Gasteiger partial charge in [-0.1, -0.05) is 20.8 Å². The first-order valence-electron chi connectivity index (χ1n) is 15.9. The van der Waals surface area contributed by atoms with E-state index in [1.54, 1.807) is 0 Å². The SMILES string of the molecule is CCCOCCOCCNC(=O)CCC(N)(CCC(=O)NCCOCCOCCC)CCC(=O)NCOCCOCCC. The van der Waals surface area contributed by atoms with Crippen LogP contribution < -0.4 is 21.7 Å². The number of ether oxygens (including phenoxy) is 6. The van der Waals surface area contributed by atoms with Crippen molar-refractivity contribution in [3.8, 4) is 0 Å². The Morgan fingerprint density at radius 2 is 0.814 bits per heavy atom. The zero-order valence-corrected chi connectivity index (χ0v) is 27.0. The number of rotatable bonds is 32. The summed E-state index contributed by atoms with van der Waals surface area (Å²) in [6, 6.07) is 0. The van der Waals surface area contributed by atoms with Crippen molar-refractivity contribution in [1.29, 1.82) is 0 Å². The minimum Gasteiger partial charge on any atom is -0.379 e. The number of carbonyl (C=O) groups is 3. The molecule has 0 aromatic rings. The van der Waals surface area contributed by atoms with Crippen molar-refractivity contribution in [3.05, 3.63) is 0 Å². The third-order valence-electron chi connectivity index (χ3n) is 6.22. The van der Waals surface area contributed by atoms with E-state index in [9.17, 15) is 14.4 Å². The van der Waals surface area contributed by atoms with Crippen molar-refractivity contribution in [1.82, 2.24) is 16.0 Å². The van der Waals surface area contributed by atoms with Crippen LogP contribution in [0, 0.1) is 0 Å². The van der Waals surface area contributed by atoms with Crippen LogP contribution in [-0.4, -0.2) is 116 Å². The molecule has 13 heteroatoms. The maximum absolute atomic E-state index is 12.4. The lowest BCUT2D eigenvalue weighted by Gasteiger charge is -2.29. The highest BCUT2D eigenvalue weighted by atomic mass is 16.5. The third kappa shape index (κ3) is 28.6. The summed E-state index contributed by atoms with van der Waals surface area (Å²) in [5, 5.41) is 8.36. The van der Waals surface area contributed by atoms with Crippen molar-refractivity contribution in [2.24, 2.45) is 5.73 Å². The molecule has 0 heterocycles. The maximum atomic E-state index is 12.4. The van der Waals surface area contributed by atoms with E-state index in [0.717, 1.165) is 19.3 Å². The Labute approximate surface area is 258 Å². The molecule has 0 spiro atoms. The summed E-state index contributed by atoms with van der Waals surface area (Å²) in [5.74, 6) is -0.528. The highest BCUT2D eigenvalue weighted by Crippen LogP contribution is 2.23. The summed E-state index contributed by atoms with van der Waals surface area (Å²) in [4.78, 5) is 37.3. The number of hydrogen-bond acceptors (Lipinski definition) is 10. The van der Waals surface area contributed by atoms with E-state index in [0.29, 0.717) is 105 Å². The molecule has 5 N–H and O–H groups in total. The van der Waals surface area contributed by atoms with Crippen molar-refractivity contribution in [2.45, 2.75) is 84.1 Å². The van der Waals surface area contributed by atoms with Crippen LogP contribution in [-0.2, 0) is 42.8 Å². The molecule has 0 fully saturated rings. The van der Waals surface area contributed by atoms with Crippen LogP contribution in [0.4, 0.5) is 0 Å². The second-order valence-electron chi connectivity index (χ2n) is 10.3. The molecule has 0 aromatic carbocycles. The van der Waals surface area contributed by atoms with Gasteiger partial charge in [0, 0.05) is 57.7 Å². The number of hydrogen-bond donors (Lipinski definition) is 4. The Morgan fingerprint density at radius 3 is 1.19 bits per heavy atom. The molecule has 0 aliphatic rings. The smallest absolute Gasteiger partial charge is 0.221 e. The fraction of sp³-hybridized carbons (Fsp3) is 0.900. The number of nitrogens with one attached hydrogen (secondary N) is 3. The van der Waals surface area contributed by atoms with E-state index in [-0.39, 0.29) is 43.7 Å². The monoisotopic (exact) mass is 620 g/mol. The molecule has 0 saturated carbocycles. The molecule has 0 aliphatic carbocycles. The van der Waals surface area contributed by atoms with Gasteiger partial charge in [0.05, 0.1) is 52.9 Å². The van der Waals surface area contributed by atoms with E-state index >= 15 is 0 Å². The van der Waals surface area contributed by atoms with Gasteiger partial charge < -0.3 is 50.1 Å². The number of amides is 3. The zero-order chi connectivity index (χ0) is 31.9. The van der Waals surface area contributed by atoms with Gasteiger partial charge in [-0.05, 0) is 38.5 Å². The first-order chi connectivity index (χ1) is 20.9. The molecular formula is C30H60N4O9. The lowest BCUT2D eigenvalue weighted by molar-refractivity contribution is -0.123. The third-order valence-corrected chi connectivity index (χ3v) is 6.22. The Balaban J connectivity index is 4.52. The Kier molecular flexibility index (Phi) is 28.9. The topological polar surface area (TPSA) is 169 Å². The van der Waals surface area contributed by atoms with E-state index in [1.165, 1.54) is 0 Å². The second kappa shape index (κ2) is 30.2. The number of carbonyl (C=O) groups excluding carboxylic acids is 3. The lowest BCUT2D eigenvalue weighted by Crippen LogP contribution is -2.44. The molecule has 0 unspecified atom stereocenters. The minimum absolute atomic E-state index is 0.0797. The summed E-state index contributed by atoms with van der Waals surface area (Å²) in [7, 11) is 0. The van der Waals surface area contributed by atoms with Crippen molar-refractivity contribution in [2.75, 3.05) is 92.5 Å². The van der Waals surface area contributed by atoms with Crippen molar-refractivity contribution in [3.63, 3.8) is 0 Å². The summed E-state index contributed by atoms with van der Waals surface area (Å²) >= 11 is 0. The predicted octanol–water partition coefficient (Wildman–Crippen LogP) is 1.66. The molecule has 3 amide bonds. The van der Waals surface area contributed by atoms with Crippen LogP contribution in [0.5, 0.6) is 0 Å². The largest absolute Gasteiger partial charge is 0.379 e. The molecule has 0 atom stereocenters. The van der Waals surface area contributed by atoms with E-state index in [2.05, 4.69) is 16.0 Å². The Hall–Kier alpha value is -1.87. The van der Waals surface area contributed by atoms with Crippen LogP contribution in [0.1, 0.15) is 78.6 Å². The summed E-state index contributed by atoms with van der Waals surface area (Å²) < 4.78 is 32.3. The molecule has 0 bridgehead atoms. The normalized spacial score (nSPS) is 11.4. The Morgan fingerprint density at radius 1 is 0.488 bits per heavy atom. The zero-order valence-electron chi connectivity index (χ0n) is 27.0. The van der Waals surface area contributed by atoms with Gasteiger partial charge in [0.15, 0.2) is 0 Å². The van der Waals surface area contributed by atoms with E-state index in [1.807, 2.05) is 20.8 Å². The quantitative estimate of drug-likeness (QED) is 0.0641. The van der Waals surface area contributed by atoms with Crippen molar-refractivity contribution < 1.29 is 42.8 Å². The van der Waals surface area contributed by atoms with Gasteiger partial charge in [0.2, 0.25) is 17.7 Å². The number of nitrogens with two attached hydrogens (primary N) is 1. The van der Waals surface area contributed by atoms with Crippen LogP contribution >= 0.6 is 0 Å². The molecule has 0 aromatic heterocycles. The van der Waals surface area contributed by atoms with Gasteiger partial charge in [-0.2, -0.15) is 0 Å². The van der Waals surface area contributed by atoms with Gasteiger partial charge >= 0.3 is 0 Å². The Bertz CT molecular complexity index is 650. The summed E-state index contributed by atoms with van der Waals surface area (Å²) in [5.41, 5.74) is 5.80. The fourth-order valence-electron chi connectivity index (χ4n) is 3.75. The molecule has 0 aliphatic heterocycles. The van der Waals surface area contributed by atoms with Crippen LogP contribution in [0.3, 0.4) is 0 Å². The van der Waals surface area contributed by atoms with E-state index < -0.39 is 5.54 Å². The molecule has 13 nitrogen and oxygen atoms in total.